The van der Waals surface area contributed by atoms with Crippen LogP contribution in [0.4, 0.5) is 0 Å². The van der Waals surface area contributed by atoms with E-state index in [1.807, 2.05) is 0 Å². The van der Waals surface area contributed by atoms with Gasteiger partial charge in [0.15, 0.2) is 0 Å². The van der Waals surface area contributed by atoms with Crippen LogP contribution in [0.1, 0.15) is 25.1 Å². The summed E-state index contributed by atoms with van der Waals surface area (Å²) in [7, 11) is 2.17. The van der Waals surface area contributed by atoms with E-state index in [1.165, 1.54) is 9.35 Å². The smallest absolute Gasteiger partial charge is 0.0691 e. The molecule has 0 bridgehead atoms. The number of halogens is 1. The number of rotatable bonds is 4. The Balaban J connectivity index is 1.67. The Hall–Kier alpha value is 0.0600. The average Bonchev–Trinajstić information content (AvgIpc) is 2.97. The van der Waals surface area contributed by atoms with Crippen LogP contribution in [0.25, 0.3) is 0 Å². The van der Waals surface area contributed by atoms with Crippen LogP contribution in [0, 0.1) is 11.3 Å². The molecule has 2 heterocycles. The van der Waals surface area contributed by atoms with Crippen molar-refractivity contribution in [2.75, 3.05) is 20.2 Å². The minimum Gasteiger partial charge on any atom is -0.377 e. The van der Waals surface area contributed by atoms with Crippen molar-refractivity contribution in [3.05, 3.63) is 20.8 Å². The molecule has 5 heteroatoms. The molecule has 1 aliphatic heterocycles. The summed E-state index contributed by atoms with van der Waals surface area (Å²) >= 11 is 5.31. The van der Waals surface area contributed by atoms with Crippen molar-refractivity contribution >= 4 is 27.3 Å². The van der Waals surface area contributed by atoms with Gasteiger partial charge in [0.1, 0.15) is 0 Å². The van der Waals surface area contributed by atoms with Gasteiger partial charge in [-0.2, -0.15) is 0 Å². The first kappa shape index (κ1) is 15.0. The second-order valence-corrected chi connectivity index (χ2v) is 8.76. The van der Waals surface area contributed by atoms with Crippen molar-refractivity contribution in [2.45, 2.75) is 38.5 Å². The third-order valence-electron chi connectivity index (χ3n) is 5.24. The van der Waals surface area contributed by atoms with E-state index in [9.17, 15) is 0 Å². The van der Waals surface area contributed by atoms with Crippen LogP contribution in [0.2, 0.25) is 0 Å². The number of hydrogen-bond acceptors (Lipinski definition) is 4. The zero-order valence-corrected chi connectivity index (χ0v) is 14.8. The fourth-order valence-corrected chi connectivity index (χ4v) is 5.53. The number of fused-ring (bicyclic) bond motifs is 1. The monoisotopic (exact) mass is 358 g/mol. The van der Waals surface area contributed by atoms with Crippen LogP contribution >= 0.6 is 27.3 Å². The molecule has 1 aromatic heterocycles. The molecule has 3 atom stereocenters. The molecule has 2 aliphatic rings. The summed E-state index contributed by atoms with van der Waals surface area (Å²) in [6.45, 7) is 7.28. The van der Waals surface area contributed by atoms with Crippen molar-refractivity contribution in [2.24, 2.45) is 17.1 Å². The lowest BCUT2D eigenvalue weighted by Crippen LogP contribution is -2.77. The van der Waals surface area contributed by atoms with Crippen LogP contribution in [-0.2, 0) is 11.3 Å². The average molecular weight is 359 g/mol. The molecule has 1 saturated heterocycles. The maximum atomic E-state index is 6.80. The predicted octanol–water partition coefficient (Wildman–Crippen LogP) is 3.08. The number of hydrogen-bond donors (Lipinski definition) is 1. The Morgan fingerprint density at radius 3 is 2.95 bits per heavy atom. The van der Waals surface area contributed by atoms with Gasteiger partial charge in [-0.05, 0) is 35.5 Å². The summed E-state index contributed by atoms with van der Waals surface area (Å²) < 4.78 is 7.03. The maximum absolute atomic E-state index is 6.80. The van der Waals surface area contributed by atoms with Gasteiger partial charge in [0.05, 0.1) is 6.10 Å². The number of nitrogens with two attached hydrogens (primary N) is 1. The number of ether oxygens (including phenoxy) is 1. The third-order valence-corrected chi connectivity index (χ3v) is 6.93. The first-order valence-corrected chi connectivity index (χ1v) is 8.84. The van der Waals surface area contributed by atoms with Gasteiger partial charge >= 0.3 is 0 Å². The van der Waals surface area contributed by atoms with Crippen LogP contribution in [0.15, 0.2) is 15.9 Å². The Labute approximate surface area is 133 Å². The summed E-state index contributed by atoms with van der Waals surface area (Å²) in [4.78, 5) is 3.73. The molecule has 20 heavy (non-hydrogen) atoms. The van der Waals surface area contributed by atoms with Crippen molar-refractivity contribution in [3.8, 4) is 0 Å². The SMILES string of the molecule is CN(Cc1cc(Br)cs1)CC1(N)C2CCOC2C1(C)C. The molecular weight excluding hydrogens is 336 g/mol. The second kappa shape index (κ2) is 5.06. The summed E-state index contributed by atoms with van der Waals surface area (Å²) in [5, 5.41) is 2.13. The number of nitrogens with zero attached hydrogens (tertiary/aromatic N) is 1. The van der Waals surface area contributed by atoms with E-state index < -0.39 is 0 Å². The van der Waals surface area contributed by atoms with Crippen molar-refractivity contribution < 1.29 is 4.74 Å². The summed E-state index contributed by atoms with van der Waals surface area (Å²) in [5.41, 5.74) is 6.74. The second-order valence-electron chi connectivity index (χ2n) is 6.85. The lowest BCUT2D eigenvalue weighted by molar-refractivity contribution is -0.162. The van der Waals surface area contributed by atoms with E-state index in [0.717, 1.165) is 26.1 Å². The minimum absolute atomic E-state index is 0.0679. The topological polar surface area (TPSA) is 38.5 Å². The molecule has 1 aromatic rings. The first-order chi connectivity index (χ1) is 9.34. The standard InChI is InChI=1S/C15H23BrN2OS/c1-14(2)13-12(4-5-19-13)15(14,17)9-18(3)7-11-6-10(16)8-20-11/h6,8,12-13H,4-5,7,9,17H2,1-3H3. The molecule has 1 aliphatic carbocycles. The molecule has 0 spiro atoms. The Bertz CT molecular complexity index is 504. The van der Waals surface area contributed by atoms with Gasteiger partial charge in [-0.25, -0.2) is 0 Å². The van der Waals surface area contributed by atoms with E-state index in [4.69, 9.17) is 10.5 Å². The molecule has 0 amide bonds. The zero-order valence-electron chi connectivity index (χ0n) is 12.4. The van der Waals surface area contributed by atoms with Crippen LogP contribution in [0.5, 0.6) is 0 Å². The molecule has 2 fully saturated rings. The molecule has 3 rings (SSSR count). The van der Waals surface area contributed by atoms with E-state index >= 15 is 0 Å². The van der Waals surface area contributed by atoms with Gasteiger partial charge in [0, 0.05) is 51.3 Å². The zero-order chi connectivity index (χ0) is 14.5. The van der Waals surface area contributed by atoms with Gasteiger partial charge in [-0.15, -0.1) is 11.3 Å². The van der Waals surface area contributed by atoms with E-state index in [2.05, 4.69) is 53.2 Å². The fourth-order valence-electron chi connectivity index (χ4n) is 4.00. The largest absolute Gasteiger partial charge is 0.377 e. The minimum atomic E-state index is -0.128. The molecule has 112 valence electrons. The maximum Gasteiger partial charge on any atom is 0.0691 e. The predicted molar refractivity (Wildman–Crippen MR) is 86.9 cm³/mol. The fraction of sp³-hybridized carbons (Fsp3) is 0.733. The number of likely N-dealkylation sites (N-methyl/N-ethyl adjacent to an activating group) is 1. The van der Waals surface area contributed by atoms with Gasteiger partial charge in [0.25, 0.3) is 0 Å². The van der Waals surface area contributed by atoms with E-state index in [-0.39, 0.29) is 11.0 Å². The molecule has 3 nitrogen and oxygen atoms in total. The summed E-state index contributed by atoms with van der Waals surface area (Å²) in [5.74, 6) is 0.523. The van der Waals surface area contributed by atoms with Gasteiger partial charge in [0.2, 0.25) is 0 Å². The van der Waals surface area contributed by atoms with Crippen LogP contribution in [-0.4, -0.2) is 36.7 Å². The van der Waals surface area contributed by atoms with Crippen molar-refractivity contribution in [1.29, 1.82) is 0 Å². The number of thiophene rings is 1. The molecule has 1 saturated carbocycles. The third kappa shape index (κ3) is 2.18. The summed E-state index contributed by atoms with van der Waals surface area (Å²) in [6, 6.07) is 2.19. The van der Waals surface area contributed by atoms with E-state index in [0.29, 0.717) is 12.0 Å². The quantitative estimate of drug-likeness (QED) is 0.898. The van der Waals surface area contributed by atoms with Gasteiger partial charge < -0.3 is 10.5 Å². The van der Waals surface area contributed by atoms with Crippen molar-refractivity contribution in [1.82, 2.24) is 4.90 Å². The molecule has 3 unspecified atom stereocenters. The Kier molecular flexibility index (Phi) is 3.79. The van der Waals surface area contributed by atoms with Crippen molar-refractivity contribution in [3.63, 3.8) is 0 Å². The highest BCUT2D eigenvalue weighted by Crippen LogP contribution is 2.58. The highest BCUT2D eigenvalue weighted by atomic mass is 79.9. The highest BCUT2D eigenvalue weighted by Gasteiger charge is 2.67. The molecule has 0 aromatic carbocycles. The normalized spacial score (nSPS) is 35.1. The lowest BCUT2D eigenvalue weighted by atomic mass is 9.48. The summed E-state index contributed by atoms with van der Waals surface area (Å²) in [6.07, 6.45) is 1.47. The van der Waals surface area contributed by atoms with Gasteiger partial charge in [-0.1, -0.05) is 13.8 Å². The highest BCUT2D eigenvalue weighted by molar-refractivity contribution is 9.10. The van der Waals surface area contributed by atoms with Gasteiger partial charge in [-0.3, -0.25) is 4.90 Å². The molecular formula is C15H23BrN2OS. The Morgan fingerprint density at radius 2 is 2.30 bits per heavy atom. The first-order valence-electron chi connectivity index (χ1n) is 7.16. The Morgan fingerprint density at radius 1 is 1.55 bits per heavy atom. The molecule has 0 radical (unpaired) electrons. The lowest BCUT2D eigenvalue weighted by Gasteiger charge is -2.63. The molecule has 2 N–H and O–H groups in total. The van der Waals surface area contributed by atoms with E-state index in [1.54, 1.807) is 11.3 Å². The van der Waals surface area contributed by atoms with Crippen LogP contribution < -0.4 is 5.73 Å². The van der Waals surface area contributed by atoms with Crippen LogP contribution in [0.3, 0.4) is 0 Å².